The van der Waals surface area contributed by atoms with Gasteiger partial charge in [0.25, 0.3) is 0 Å². The maximum absolute atomic E-state index is 3.87. The normalized spacial score (nSPS) is 18.9. The average Bonchev–Trinajstić information content (AvgIpc) is 2.99. The molecule has 0 amide bonds. The smallest absolute Gasteiger partial charge is 0.0530 e. The molecule has 4 rings (SSSR count). The Hall–Kier alpha value is -1.80. The number of halogens is 1. The molecule has 0 aromatic heterocycles. The van der Waals surface area contributed by atoms with Crippen molar-refractivity contribution in [1.29, 1.82) is 0 Å². The van der Waals surface area contributed by atoms with Crippen molar-refractivity contribution in [2.24, 2.45) is 0 Å². The Kier molecular flexibility index (Phi) is 3.05. The van der Waals surface area contributed by atoms with Gasteiger partial charge in [-0.2, -0.15) is 0 Å². The first kappa shape index (κ1) is 13.8. The Balaban J connectivity index is 2.03. The van der Waals surface area contributed by atoms with Gasteiger partial charge in [0.2, 0.25) is 0 Å². The third-order valence-electron chi connectivity index (χ3n) is 4.77. The number of rotatable bonds is 1. The van der Waals surface area contributed by atoms with Crippen molar-refractivity contribution in [2.75, 3.05) is 4.90 Å². The number of hydrogen-bond acceptors (Lipinski definition) is 1. The highest BCUT2D eigenvalue weighted by molar-refractivity contribution is 9.10. The molecular weight excluding hydrogens is 334 g/mol. The van der Waals surface area contributed by atoms with Crippen LogP contribution in [0.2, 0.25) is 0 Å². The van der Waals surface area contributed by atoms with E-state index in [0.29, 0.717) is 6.04 Å². The van der Waals surface area contributed by atoms with Crippen molar-refractivity contribution in [1.82, 2.24) is 0 Å². The van der Waals surface area contributed by atoms with Crippen molar-refractivity contribution in [2.45, 2.75) is 26.8 Å². The highest BCUT2D eigenvalue weighted by Crippen LogP contribution is 2.35. The third-order valence-corrected chi connectivity index (χ3v) is 5.60. The molecule has 0 fully saturated rings. The van der Waals surface area contributed by atoms with Gasteiger partial charge < -0.3 is 4.90 Å². The third kappa shape index (κ3) is 1.83. The lowest BCUT2D eigenvalue weighted by Crippen LogP contribution is -2.25. The molecule has 110 valence electrons. The van der Waals surface area contributed by atoms with Gasteiger partial charge in [0, 0.05) is 15.4 Å². The van der Waals surface area contributed by atoms with Crippen LogP contribution < -0.4 is 15.3 Å². The molecule has 2 aromatic rings. The van der Waals surface area contributed by atoms with Crippen LogP contribution in [-0.4, -0.2) is 6.04 Å². The quantitative estimate of drug-likeness (QED) is 0.737. The summed E-state index contributed by atoms with van der Waals surface area (Å²) in [7, 11) is 0. The van der Waals surface area contributed by atoms with E-state index in [4.69, 9.17) is 0 Å². The molecule has 2 aliphatic rings. The summed E-state index contributed by atoms with van der Waals surface area (Å²) in [5.74, 6) is 0. The Labute approximate surface area is 139 Å². The molecule has 0 N–H and O–H groups in total. The van der Waals surface area contributed by atoms with Gasteiger partial charge in [0.15, 0.2) is 0 Å². The van der Waals surface area contributed by atoms with Crippen LogP contribution in [0.25, 0.3) is 17.7 Å². The van der Waals surface area contributed by atoms with Gasteiger partial charge in [-0.05, 0) is 76.8 Å². The standard InChI is InChI=1S/C20H18BrN/c1-12-9-15-11-18-19(20(21)17(15)10-12)13(2)14(3)22(18)16-7-5-4-6-8-16/h4-11,14H,1-3H3. The van der Waals surface area contributed by atoms with Gasteiger partial charge in [-0.15, -0.1) is 0 Å². The minimum atomic E-state index is 0.376. The molecule has 1 nitrogen and oxygen atoms in total. The van der Waals surface area contributed by atoms with Gasteiger partial charge in [-0.1, -0.05) is 30.4 Å². The maximum atomic E-state index is 3.87. The molecule has 1 aliphatic heterocycles. The molecule has 0 spiro atoms. The Bertz CT molecular complexity index is 922. The number of nitrogens with zero attached hydrogens (tertiary/aromatic N) is 1. The largest absolute Gasteiger partial charge is 0.334 e. The Morgan fingerprint density at radius 2 is 1.77 bits per heavy atom. The second kappa shape index (κ2) is 4.85. The van der Waals surface area contributed by atoms with Crippen molar-refractivity contribution in [3.05, 3.63) is 62.4 Å². The minimum Gasteiger partial charge on any atom is -0.334 e. The maximum Gasteiger partial charge on any atom is 0.0530 e. The zero-order valence-electron chi connectivity index (χ0n) is 13.0. The van der Waals surface area contributed by atoms with E-state index in [9.17, 15) is 0 Å². The molecular formula is C20H18BrN. The molecule has 0 bridgehead atoms. The van der Waals surface area contributed by atoms with Gasteiger partial charge in [0.1, 0.15) is 0 Å². The summed E-state index contributed by atoms with van der Waals surface area (Å²) in [5, 5.41) is 2.67. The Morgan fingerprint density at radius 3 is 2.50 bits per heavy atom. The summed E-state index contributed by atoms with van der Waals surface area (Å²) in [6.45, 7) is 6.69. The molecule has 22 heavy (non-hydrogen) atoms. The lowest BCUT2D eigenvalue weighted by Gasteiger charge is -2.27. The van der Waals surface area contributed by atoms with E-state index in [0.717, 1.165) is 0 Å². The molecule has 1 atom stereocenters. The molecule has 0 saturated carbocycles. The predicted molar refractivity (Wildman–Crippen MR) is 98.6 cm³/mol. The van der Waals surface area contributed by atoms with Crippen LogP contribution in [-0.2, 0) is 0 Å². The lowest BCUT2D eigenvalue weighted by atomic mass is 10.1. The summed E-state index contributed by atoms with van der Waals surface area (Å²) >= 11 is 3.87. The van der Waals surface area contributed by atoms with E-state index in [1.165, 1.54) is 43.0 Å². The van der Waals surface area contributed by atoms with Crippen LogP contribution in [0.3, 0.4) is 0 Å². The highest BCUT2D eigenvalue weighted by atomic mass is 79.9. The fourth-order valence-corrected chi connectivity index (χ4v) is 4.44. The molecule has 1 aliphatic carbocycles. The second-order valence-corrected chi connectivity index (χ2v) is 6.98. The fourth-order valence-electron chi connectivity index (χ4n) is 3.58. The van der Waals surface area contributed by atoms with Gasteiger partial charge in [-0.3, -0.25) is 0 Å². The monoisotopic (exact) mass is 351 g/mol. The topological polar surface area (TPSA) is 3.24 Å². The number of benzene rings is 2. The molecule has 2 aromatic carbocycles. The summed E-state index contributed by atoms with van der Waals surface area (Å²) < 4.78 is 1.23. The second-order valence-electron chi connectivity index (χ2n) is 6.18. The first-order valence-electron chi connectivity index (χ1n) is 7.65. The van der Waals surface area contributed by atoms with Crippen molar-refractivity contribution >= 4 is 45.0 Å². The summed E-state index contributed by atoms with van der Waals surface area (Å²) in [5.41, 5.74) is 6.62. The molecule has 1 heterocycles. The SMILES string of the molecule is CC1=Cc2c(Br)c3c(cc2=C1)N(c1ccccc1)C(C)C=3C. The van der Waals surface area contributed by atoms with E-state index < -0.39 is 0 Å². The van der Waals surface area contributed by atoms with Crippen molar-refractivity contribution < 1.29 is 0 Å². The first-order valence-corrected chi connectivity index (χ1v) is 8.45. The van der Waals surface area contributed by atoms with Crippen LogP contribution in [0, 0.1) is 0 Å². The number of allylic oxidation sites excluding steroid dienone is 1. The number of anilines is 2. The minimum absolute atomic E-state index is 0.376. The summed E-state index contributed by atoms with van der Waals surface area (Å²) in [6, 6.07) is 13.4. The van der Waals surface area contributed by atoms with Crippen molar-refractivity contribution in [3.8, 4) is 0 Å². The lowest BCUT2D eigenvalue weighted by molar-refractivity contribution is 0.899. The fraction of sp³-hybridized carbons (Fsp3) is 0.200. The molecule has 1 unspecified atom stereocenters. The van der Waals surface area contributed by atoms with E-state index in [1.54, 1.807) is 0 Å². The van der Waals surface area contributed by atoms with Gasteiger partial charge in [0.05, 0.1) is 11.7 Å². The van der Waals surface area contributed by atoms with Crippen LogP contribution in [0.4, 0.5) is 11.4 Å². The highest BCUT2D eigenvalue weighted by Gasteiger charge is 2.28. The van der Waals surface area contributed by atoms with Crippen LogP contribution in [0.5, 0.6) is 0 Å². The summed E-state index contributed by atoms with van der Waals surface area (Å²) in [4.78, 5) is 2.44. The number of para-hydroxylation sites is 1. The van der Waals surface area contributed by atoms with Gasteiger partial charge in [-0.25, -0.2) is 0 Å². The number of hydrogen-bond donors (Lipinski definition) is 0. The Morgan fingerprint density at radius 1 is 1.05 bits per heavy atom. The molecule has 0 radical (unpaired) electrons. The first-order chi connectivity index (χ1) is 10.6. The van der Waals surface area contributed by atoms with E-state index >= 15 is 0 Å². The van der Waals surface area contributed by atoms with Gasteiger partial charge >= 0.3 is 0 Å². The zero-order valence-corrected chi connectivity index (χ0v) is 14.6. The average molecular weight is 352 g/mol. The predicted octanol–water partition coefficient (Wildman–Crippen LogP) is 4.36. The van der Waals surface area contributed by atoms with Crippen LogP contribution in [0.1, 0.15) is 26.3 Å². The number of fused-ring (bicyclic) bond motifs is 2. The molecule has 2 heteroatoms. The van der Waals surface area contributed by atoms with Crippen LogP contribution in [0.15, 0.2) is 46.4 Å². The van der Waals surface area contributed by atoms with E-state index in [1.807, 2.05) is 0 Å². The summed E-state index contributed by atoms with van der Waals surface area (Å²) in [6.07, 6.45) is 4.53. The van der Waals surface area contributed by atoms with E-state index in [-0.39, 0.29) is 0 Å². The van der Waals surface area contributed by atoms with E-state index in [2.05, 4.69) is 90.2 Å². The molecule has 0 saturated heterocycles. The van der Waals surface area contributed by atoms with Crippen LogP contribution >= 0.6 is 15.9 Å². The zero-order chi connectivity index (χ0) is 15.4. The van der Waals surface area contributed by atoms with Crippen molar-refractivity contribution in [3.63, 3.8) is 0 Å².